The van der Waals surface area contributed by atoms with Crippen LogP contribution in [0.4, 0.5) is 0 Å². The minimum atomic E-state index is -4.42. The number of nitrogens with two attached hydrogens (primary N) is 1. The van der Waals surface area contributed by atoms with Gasteiger partial charge in [-0.05, 0) is 33.1 Å². The third-order valence-corrected chi connectivity index (χ3v) is 6.12. The first-order chi connectivity index (χ1) is 12.1. The van der Waals surface area contributed by atoms with Gasteiger partial charge in [0.15, 0.2) is 10.3 Å². The number of hydrogen-bond acceptors (Lipinski definition) is 3. The minimum Gasteiger partial charge on any atom is -0.736 e. The van der Waals surface area contributed by atoms with E-state index in [2.05, 4.69) is 69.0 Å². The summed E-state index contributed by atoms with van der Waals surface area (Å²) >= 11 is 0. The zero-order chi connectivity index (χ0) is 19.8. The third-order valence-electron chi connectivity index (χ3n) is 6.12. The van der Waals surface area contributed by atoms with Crippen LogP contribution in [0.15, 0.2) is 43.0 Å². The van der Waals surface area contributed by atoms with E-state index in [9.17, 15) is 0 Å². The molecule has 1 aliphatic carbocycles. The first kappa shape index (κ1) is 22.8. The molecule has 1 saturated carbocycles. The second-order valence-electron chi connectivity index (χ2n) is 7.67. The van der Waals surface area contributed by atoms with E-state index >= 15 is 0 Å². The van der Waals surface area contributed by atoms with Gasteiger partial charge < -0.3 is 9.04 Å². The van der Waals surface area contributed by atoms with Crippen LogP contribution in [0.3, 0.4) is 0 Å². The quantitative estimate of drug-likeness (QED) is 0.464. The van der Waals surface area contributed by atoms with Crippen LogP contribution in [0.2, 0.25) is 0 Å². The molecule has 148 valence electrons. The summed E-state index contributed by atoms with van der Waals surface area (Å²) in [6, 6.07) is 11.0. The van der Waals surface area contributed by atoms with Gasteiger partial charge >= 0.3 is 0 Å². The van der Waals surface area contributed by atoms with E-state index in [-0.39, 0.29) is 0 Å². The fourth-order valence-electron chi connectivity index (χ4n) is 4.31. The second-order valence-corrected chi connectivity index (χ2v) is 8.66. The molecule has 2 rings (SSSR count). The molecule has 26 heavy (non-hydrogen) atoms. The van der Waals surface area contributed by atoms with E-state index < -0.39 is 10.3 Å². The summed E-state index contributed by atoms with van der Waals surface area (Å²) in [5.74, 6) is 0.775. The second kappa shape index (κ2) is 9.65. The Morgan fingerprint density at radius 2 is 1.92 bits per heavy atom. The van der Waals surface area contributed by atoms with Crippen molar-refractivity contribution in [3.63, 3.8) is 0 Å². The van der Waals surface area contributed by atoms with Crippen molar-refractivity contribution in [2.45, 2.75) is 58.0 Å². The highest BCUT2D eigenvalue weighted by atomic mass is 32.2. The molecule has 1 aromatic rings. The molecule has 1 aliphatic rings. The zero-order valence-corrected chi connectivity index (χ0v) is 17.2. The SMILES string of the molecule is C=CCC1CCCCC1(C)[N+](C)(CC)Cc1ccccc1.NS(=O)(=O)[O-]. The smallest absolute Gasteiger partial charge is 0.156 e. The largest absolute Gasteiger partial charge is 0.736 e. The van der Waals surface area contributed by atoms with Gasteiger partial charge in [-0.25, -0.2) is 13.6 Å². The third kappa shape index (κ3) is 6.50. The van der Waals surface area contributed by atoms with Gasteiger partial charge in [0, 0.05) is 17.9 Å². The molecule has 5 nitrogen and oxygen atoms in total. The highest BCUT2D eigenvalue weighted by Crippen LogP contribution is 2.44. The molecule has 0 amide bonds. The van der Waals surface area contributed by atoms with Crippen molar-refractivity contribution in [1.82, 2.24) is 0 Å². The molecular formula is C20H34N2O3S. The standard InChI is InChI=1S/C20H32N.H3NO3S/c1-5-12-19-15-10-11-16-20(19,3)21(4,6-2)17-18-13-8-7-9-14-18;1-5(2,3)4/h5,7-9,13-14,19H,1,6,10-12,15-17H2,2-4H3;(H3,1,2,3,4)/q+1;/p-1. The molecule has 3 atom stereocenters. The maximum Gasteiger partial charge on any atom is 0.156 e. The fourth-order valence-corrected chi connectivity index (χ4v) is 4.31. The van der Waals surface area contributed by atoms with E-state index in [0.29, 0.717) is 5.54 Å². The Bertz CT molecular complexity index is 655. The predicted octanol–water partition coefficient (Wildman–Crippen LogP) is 3.58. The van der Waals surface area contributed by atoms with Crippen molar-refractivity contribution in [1.29, 1.82) is 0 Å². The van der Waals surface area contributed by atoms with Gasteiger partial charge in [-0.2, -0.15) is 0 Å². The highest BCUT2D eigenvalue weighted by Gasteiger charge is 2.49. The Hall–Kier alpha value is -1.21. The molecule has 6 heteroatoms. The molecule has 1 fully saturated rings. The summed E-state index contributed by atoms with van der Waals surface area (Å²) < 4.78 is 27.7. The average Bonchev–Trinajstić information content (AvgIpc) is 2.56. The molecule has 0 aliphatic heterocycles. The normalized spacial score (nSPS) is 25.5. The van der Waals surface area contributed by atoms with Crippen LogP contribution >= 0.6 is 0 Å². The Balaban J connectivity index is 0.000000597. The lowest BCUT2D eigenvalue weighted by Crippen LogP contribution is -2.64. The molecule has 2 N–H and O–H groups in total. The molecule has 1 aromatic carbocycles. The van der Waals surface area contributed by atoms with Crippen molar-refractivity contribution in [3.05, 3.63) is 48.6 Å². The number of allylic oxidation sites excluding steroid dienone is 1. The van der Waals surface area contributed by atoms with E-state index in [0.717, 1.165) is 16.9 Å². The van der Waals surface area contributed by atoms with Gasteiger partial charge in [0.05, 0.1) is 19.1 Å². The number of nitrogens with zero attached hydrogens (tertiary/aromatic N) is 1. The Morgan fingerprint density at radius 3 is 2.42 bits per heavy atom. The van der Waals surface area contributed by atoms with Crippen molar-refractivity contribution in [3.8, 4) is 0 Å². The lowest BCUT2D eigenvalue weighted by Gasteiger charge is -2.55. The Labute approximate surface area is 159 Å². The van der Waals surface area contributed by atoms with Gasteiger partial charge in [-0.3, -0.25) is 0 Å². The number of rotatable bonds is 6. The summed E-state index contributed by atoms with van der Waals surface area (Å²) in [6.07, 6.45) is 8.79. The molecular weight excluding hydrogens is 348 g/mol. The average molecular weight is 383 g/mol. The summed E-state index contributed by atoms with van der Waals surface area (Å²) in [5.41, 5.74) is 1.84. The number of quaternary nitrogens is 1. The predicted molar refractivity (Wildman–Crippen MR) is 106 cm³/mol. The van der Waals surface area contributed by atoms with Gasteiger partial charge in [-0.1, -0.05) is 42.8 Å². The lowest BCUT2D eigenvalue weighted by molar-refractivity contribution is -0.973. The Kier molecular flexibility index (Phi) is 8.47. The van der Waals surface area contributed by atoms with Crippen LogP contribution < -0.4 is 5.14 Å². The lowest BCUT2D eigenvalue weighted by atomic mass is 9.70. The molecule has 0 saturated heterocycles. The van der Waals surface area contributed by atoms with Gasteiger partial charge in [-0.15, -0.1) is 6.58 Å². The van der Waals surface area contributed by atoms with Crippen molar-refractivity contribution >= 4 is 10.3 Å². The summed E-state index contributed by atoms with van der Waals surface area (Å²) in [6.45, 7) is 11.2. The first-order valence-electron chi connectivity index (χ1n) is 9.29. The maximum atomic E-state index is 8.85. The minimum absolute atomic E-state index is 0.372. The molecule has 0 heterocycles. The van der Waals surface area contributed by atoms with Gasteiger partial charge in [0.25, 0.3) is 0 Å². The Morgan fingerprint density at radius 1 is 1.35 bits per heavy atom. The molecule has 0 spiro atoms. The summed E-state index contributed by atoms with van der Waals surface area (Å²) in [4.78, 5) is 0. The monoisotopic (exact) mass is 382 g/mol. The van der Waals surface area contributed by atoms with Crippen LogP contribution in [0.25, 0.3) is 0 Å². The van der Waals surface area contributed by atoms with Crippen LogP contribution in [0, 0.1) is 5.92 Å². The van der Waals surface area contributed by atoms with Crippen LogP contribution in [0.1, 0.15) is 51.5 Å². The summed E-state index contributed by atoms with van der Waals surface area (Å²) in [7, 11) is -1.95. The van der Waals surface area contributed by atoms with E-state index in [1.54, 1.807) is 0 Å². The van der Waals surface area contributed by atoms with Crippen molar-refractivity contribution in [2.75, 3.05) is 13.6 Å². The van der Waals surface area contributed by atoms with Crippen molar-refractivity contribution < 1.29 is 17.5 Å². The van der Waals surface area contributed by atoms with Gasteiger partial charge in [0.1, 0.15) is 6.54 Å². The van der Waals surface area contributed by atoms with E-state index in [1.807, 2.05) is 0 Å². The molecule has 3 unspecified atom stereocenters. The number of benzene rings is 1. The number of hydrogen-bond donors (Lipinski definition) is 1. The molecule has 0 bridgehead atoms. The molecule has 0 aromatic heterocycles. The molecule has 0 radical (unpaired) electrons. The summed E-state index contributed by atoms with van der Waals surface area (Å²) in [5, 5.41) is 3.77. The highest BCUT2D eigenvalue weighted by molar-refractivity contribution is 7.83. The zero-order valence-electron chi connectivity index (χ0n) is 16.4. The fraction of sp³-hybridized carbons (Fsp3) is 0.600. The van der Waals surface area contributed by atoms with Crippen LogP contribution in [0.5, 0.6) is 0 Å². The first-order valence-corrected chi connectivity index (χ1v) is 10.8. The maximum absolute atomic E-state index is 8.85. The van der Waals surface area contributed by atoms with E-state index in [4.69, 9.17) is 13.0 Å². The topological polar surface area (TPSA) is 83.2 Å². The van der Waals surface area contributed by atoms with Gasteiger partial charge in [0.2, 0.25) is 0 Å². The van der Waals surface area contributed by atoms with E-state index in [1.165, 1.54) is 44.2 Å². The van der Waals surface area contributed by atoms with Crippen LogP contribution in [-0.4, -0.2) is 36.6 Å². The van der Waals surface area contributed by atoms with Crippen LogP contribution in [-0.2, 0) is 16.8 Å². The van der Waals surface area contributed by atoms with Crippen molar-refractivity contribution in [2.24, 2.45) is 11.1 Å².